The van der Waals surface area contributed by atoms with Crippen molar-refractivity contribution in [3.8, 4) is 0 Å². The van der Waals surface area contributed by atoms with E-state index in [1.807, 2.05) is 0 Å². The summed E-state index contributed by atoms with van der Waals surface area (Å²) in [6.45, 7) is 1.76. The van der Waals surface area contributed by atoms with E-state index >= 15 is 0 Å². The second-order valence-electron chi connectivity index (χ2n) is 3.37. The van der Waals surface area contributed by atoms with E-state index in [0.717, 1.165) is 6.54 Å². The molecule has 1 atom stereocenters. The third-order valence-corrected chi connectivity index (χ3v) is 2.59. The Balaban J connectivity index is 2.40. The van der Waals surface area contributed by atoms with Gasteiger partial charge in [-0.1, -0.05) is 24.3 Å². The number of likely N-dealkylation sites (N-methyl/N-ethyl adjacent to an activating group) is 1. The molecule has 0 aromatic heterocycles. The molecule has 0 saturated heterocycles. The highest BCUT2D eigenvalue weighted by molar-refractivity contribution is 5.33. The number of hydrogen-bond acceptors (Lipinski definition) is 2. The number of nitrogens with two attached hydrogens (primary N) is 1. The van der Waals surface area contributed by atoms with E-state index in [1.54, 1.807) is 0 Å². The van der Waals surface area contributed by atoms with E-state index in [9.17, 15) is 0 Å². The van der Waals surface area contributed by atoms with Gasteiger partial charge in [0, 0.05) is 19.1 Å². The lowest BCUT2D eigenvalue weighted by atomic mass is 10.1. The third-order valence-electron chi connectivity index (χ3n) is 2.59. The van der Waals surface area contributed by atoms with Crippen LogP contribution < -0.4 is 5.73 Å². The zero-order valence-corrected chi connectivity index (χ0v) is 7.33. The first-order valence-electron chi connectivity index (χ1n) is 4.31. The van der Waals surface area contributed by atoms with Crippen molar-refractivity contribution in [1.82, 2.24) is 4.90 Å². The van der Waals surface area contributed by atoms with Crippen LogP contribution in [0.25, 0.3) is 0 Å². The maximum Gasteiger partial charge on any atom is 0.0474 e. The minimum atomic E-state index is 0.432. The Kier molecular flexibility index (Phi) is 1.87. The summed E-state index contributed by atoms with van der Waals surface area (Å²) in [4.78, 5) is 2.30. The van der Waals surface area contributed by atoms with Crippen LogP contribution in [0.4, 0.5) is 0 Å². The molecule has 1 unspecified atom stereocenters. The fraction of sp³-hybridized carbons (Fsp3) is 0.400. The molecule has 2 N–H and O–H groups in total. The molecular weight excluding hydrogens is 148 g/mol. The van der Waals surface area contributed by atoms with Gasteiger partial charge in [0.25, 0.3) is 0 Å². The molecular formula is C10H14N2. The molecule has 1 aromatic rings. The highest BCUT2D eigenvalue weighted by Gasteiger charge is 2.24. The summed E-state index contributed by atoms with van der Waals surface area (Å²) in [5.41, 5.74) is 8.53. The Hall–Kier alpha value is -0.860. The molecule has 1 aromatic carbocycles. The molecule has 0 radical (unpaired) electrons. The van der Waals surface area contributed by atoms with Crippen molar-refractivity contribution in [1.29, 1.82) is 0 Å². The average Bonchev–Trinajstić information content (AvgIpc) is 2.40. The highest BCUT2D eigenvalue weighted by atomic mass is 15.2. The van der Waals surface area contributed by atoms with Crippen molar-refractivity contribution in [2.45, 2.75) is 12.6 Å². The molecule has 2 heteroatoms. The molecule has 0 aliphatic carbocycles. The van der Waals surface area contributed by atoms with Gasteiger partial charge < -0.3 is 5.73 Å². The molecule has 0 amide bonds. The van der Waals surface area contributed by atoms with Gasteiger partial charge in [0.15, 0.2) is 0 Å². The van der Waals surface area contributed by atoms with Gasteiger partial charge in [-0.15, -0.1) is 0 Å². The lowest BCUT2D eigenvalue weighted by Crippen LogP contribution is -2.23. The topological polar surface area (TPSA) is 29.3 Å². The van der Waals surface area contributed by atoms with Crippen molar-refractivity contribution in [2.24, 2.45) is 5.73 Å². The van der Waals surface area contributed by atoms with Gasteiger partial charge in [0.2, 0.25) is 0 Å². The Labute approximate surface area is 73.0 Å². The van der Waals surface area contributed by atoms with Crippen LogP contribution >= 0.6 is 0 Å². The van der Waals surface area contributed by atoms with Crippen LogP contribution in [0.1, 0.15) is 17.2 Å². The second kappa shape index (κ2) is 2.88. The largest absolute Gasteiger partial charge is 0.329 e. The molecule has 64 valence electrons. The summed E-state index contributed by atoms with van der Waals surface area (Å²) in [6, 6.07) is 8.96. The number of benzene rings is 1. The smallest absolute Gasteiger partial charge is 0.0474 e. The van der Waals surface area contributed by atoms with Gasteiger partial charge in [-0.25, -0.2) is 0 Å². The first-order valence-corrected chi connectivity index (χ1v) is 4.31. The van der Waals surface area contributed by atoms with E-state index in [2.05, 4.69) is 36.2 Å². The summed E-state index contributed by atoms with van der Waals surface area (Å²) in [5.74, 6) is 0. The molecule has 0 bridgehead atoms. The predicted octanol–water partition coefficient (Wildman–Crippen LogP) is 1.13. The van der Waals surface area contributed by atoms with Gasteiger partial charge in [-0.05, 0) is 18.2 Å². The van der Waals surface area contributed by atoms with E-state index in [1.165, 1.54) is 11.1 Å². The molecule has 1 aliphatic heterocycles. The number of nitrogens with zero attached hydrogens (tertiary/aromatic N) is 1. The average molecular weight is 162 g/mol. The van der Waals surface area contributed by atoms with E-state index in [-0.39, 0.29) is 0 Å². The van der Waals surface area contributed by atoms with Crippen LogP contribution in [-0.4, -0.2) is 18.5 Å². The molecule has 2 rings (SSSR count). The Morgan fingerprint density at radius 1 is 1.50 bits per heavy atom. The summed E-state index contributed by atoms with van der Waals surface area (Å²) in [7, 11) is 2.12. The second-order valence-corrected chi connectivity index (χ2v) is 3.37. The number of rotatable bonds is 1. The Morgan fingerprint density at radius 2 is 2.25 bits per heavy atom. The quantitative estimate of drug-likeness (QED) is 0.670. The molecule has 1 heterocycles. The predicted molar refractivity (Wildman–Crippen MR) is 49.7 cm³/mol. The van der Waals surface area contributed by atoms with Crippen molar-refractivity contribution in [3.63, 3.8) is 0 Å². The monoisotopic (exact) mass is 162 g/mol. The third kappa shape index (κ3) is 1.04. The molecule has 0 saturated carbocycles. The lowest BCUT2D eigenvalue weighted by molar-refractivity contribution is 0.274. The van der Waals surface area contributed by atoms with Crippen molar-refractivity contribution >= 4 is 0 Å². The fourth-order valence-corrected chi connectivity index (χ4v) is 1.93. The highest BCUT2D eigenvalue weighted by Crippen LogP contribution is 2.30. The fourth-order valence-electron chi connectivity index (χ4n) is 1.93. The summed E-state index contributed by atoms with van der Waals surface area (Å²) in [5, 5.41) is 0. The first kappa shape index (κ1) is 7.77. The Morgan fingerprint density at radius 3 is 3.00 bits per heavy atom. The van der Waals surface area contributed by atoms with Crippen LogP contribution in [0.15, 0.2) is 24.3 Å². The standard InChI is InChI=1S/C10H14N2/c1-12-7-8-4-2-3-5-9(8)10(12)6-11/h2-5,10H,6-7,11H2,1H3. The zero-order chi connectivity index (χ0) is 8.55. The van der Waals surface area contributed by atoms with E-state index in [0.29, 0.717) is 12.6 Å². The lowest BCUT2D eigenvalue weighted by Gasteiger charge is -2.17. The van der Waals surface area contributed by atoms with Crippen LogP contribution in [-0.2, 0) is 6.54 Å². The minimum Gasteiger partial charge on any atom is -0.329 e. The summed E-state index contributed by atoms with van der Waals surface area (Å²) in [6.07, 6.45) is 0. The van der Waals surface area contributed by atoms with Crippen molar-refractivity contribution in [3.05, 3.63) is 35.4 Å². The minimum absolute atomic E-state index is 0.432. The SMILES string of the molecule is CN1Cc2ccccc2C1CN. The van der Waals surface area contributed by atoms with Crippen molar-refractivity contribution in [2.75, 3.05) is 13.6 Å². The Bertz CT molecular complexity index is 283. The van der Waals surface area contributed by atoms with Gasteiger partial charge in [-0.3, -0.25) is 4.90 Å². The maximum absolute atomic E-state index is 5.70. The van der Waals surface area contributed by atoms with Crippen LogP contribution in [0.5, 0.6) is 0 Å². The van der Waals surface area contributed by atoms with E-state index < -0.39 is 0 Å². The van der Waals surface area contributed by atoms with E-state index in [4.69, 9.17) is 5.73 Å². The molecule has 0 spiro atoms. The normalized spacial score (nSPS) is 22.7. The number of fused-ring (bicyclic) bond motifs is 1. The molecule has 12 heavy (non-hydrogen) atoms. The van der Waals surface area contributed by atoms with Crippen LogP contribution in [0.3, 0.4) is 0 Å². The molecule has 1 aliphatic rings. The summed E-state index contributed by atoms with van der Waals surface area (Å²) >= 11 is 0. The van der Waals surface area contributed by atoms with Gasteiger partial charge in [0.05, 0.1) is 0 Å². The molecule has 2 nitrogen and oxygen atoms in total. The van der Waals surface area contributed by atoms with Crippen molar-refractivity contribution < 1.29 is 0 Å². The summed E-state index contributed by atoms with van der Waals surface area (Å²) < 4.78 is 0. The van der Waals surface area contributed by atoms with Gasteiger partial charge in [-0.2, -0.15) is 0 Å². The molecule has 0 fully saturated rings. The zero-order valence-electron chi connectivity index (χ0n) is 7.33. The van der Waals surface area contributed by atoms with Gasteiger partial charge >= 0.3 is 0 Å². The van der Waals surface area contributed by atoms with Crippen LogP contribution in [0, 0.1) is 0 Å². The maximum atomic E-state index is 5.70. The first-order chi connectivity index (χ1) is 5.83. The number of hydrogen-bond donors (Lipinski definition) is 1. The van der Waals surface area contributed by atoms with Crippen LogP contribution in [0.2, 0.25) is 0 Å². The van der Waals surface area contributed by atoms with Gasteiger partial charge in [0.1, 0.15) is 0 Å².